The van der Waals surface area contributed by atoms with E-state index in [2.05, 4.69) is 60.1 Å². The summed E-state index contributed by atoms with van der Waals surface area (Å²) in [6.07, 6.45) is 11.4. The number of amides is 3. The highest BCUT2D eigenvalue weighted by Crippen LogP contribution is 2.38. The fourth-order valence-corrected chi connectivity index (χ4v) is 7.20. The van der Waals surface area contributed by atoms with E-state index in [9.17, 15) is 14.4 Å². The summed E-state index contributed by atoms with van der Waals surface area (Å²) in [6, 6.07) is 15.9. The maximum absolute atomic E-state index is 14.1. The largest absolute Gasteiger partial charge is 0.349 e. The van der Waals surface area contributed by atoms with Crippen LogP contribution in [0.3, 0.4) is 0 Å². The molecule has 7 N–H and O–H groups in total. The van der Waals surface area contributed by atoms with Gasteiger partial charge in [-0.2, -0.15) is 5.21 Å². The van der Waals surface area contributed by atoms with E-state index < -0.39 is 17.5 Å². The van der Waals surface area contributed by atoms with Crippen LogP contribution in [0.1, 0.15) is 57.4 Å². The first-order valence-electron chi connectivity index (χ1n) is 17.4. The van der Waals surface area contributed by atoms with Gasteiger partial charge in [0.15, 0.2) is 0 Å². The van der Waals surface area contributed by atoms with Gasteiger partial charge in [-0.05, 0) is 111 Å². The van der Waals surface area contributed by atoms with Crippen LogP contribution in [0.2, 0.25) is 0 Å². The lowest BCUT2D eigenvalue weighted by atomic mass is 9.72. The summed E-state index contributed by atoms with van der Waals surface area (Å²) in [7, 11) is 0. The number of tetrazole rings is 1. The van der Waals surface area contributed by atoms with Crippen molar-refractivity contribution in [1.29, 1.82) is 0 Å². The number of rotatable bonds is 11. The molecule has 2 aliphatic carbocycles. The fraction of sp³-hybridized carbons (Fsp3) is 0.459. The second-order valence-corrected chi connectivity index (χ2v) is 13.9. The fourth-order valence-electron chi connectivity index (χ4n) is 7.20. The highest BCUT2D eigenvalue weighted by molar-refractivity contribution is 5.97. The van der Waals surface area contributed by atoms with E-state index in [1.54, 1.807) is 24.3 Å². The van der Waals surface area contributed by atoms with E-state index in [0.717, 1.165) is 68.3 Å². The molecule has 6 rings (SSSR count). The van der Waals surface area contributed by atoms with Gasteiger partial charge in [0.1, 0.15) is 6.04 Å². The summed E-state index contributed by atoms with van der Waals surface area (Å²) >= 11 is 0. The van der Waals surface area contributed by atoms with E-state index in [-0.39, 0.29) is 48.4 Å². The number of hydrogen-bond acceptors (Lipinski definition) is 8. The van der Waals surface area contributed by atoms with Crippen LogP contribution in [-0.4, -0.2) is 70.1 Å². The smallest absolute Gasteiger partial charge is 0.246 e. The molecule has 266 valence electrons. The van der Waals surface area contributed by atoms with E-state index in [4.69, 9.17) is 5.73 Å². The van der Waals surface area contributed by atoms with E-state index in [1.165, 1.54) is 0 Å². The zero-order valence-corrected chi connectivity index (χ0v) is 29.3. The lowest BCUT2D eigenvalue weighted by Gasteiger charge is -2.40. The molecule has 2 heterocycles. The lowest BCUT2D eigenvalue weighted by molar-refractivity contribution is -0.131. The molecule has 0 spiro atoms. The number of halogens is 1. The molecule has 12 nitrogen and oxygen atoms in total. The lowest BCUT2D eigenvalue weighted by Crippen LogP contribution is -2.54. The second kappa shape index (κ2) is 17.0. The number of H-pyrrole nitrogens is 1. The Hall–Kier alpha value is -4.39. The first-order chi connectivity index (χ1) is 23.8. The van der Waals surface area contributed by atoms with Crippen molar-refractivity contribution in [2.24, 2.45) is 28.9 Å². The molecule has 3 aliphatic rings. The van der Waals surface area contributed by atoms with Crippen molar-refractivity contribution in [3.8, 4) is 11.4 Å². The van der Waals surface area contributed by atoms with Gasteiger partial charge < -0.3 is 27.0 Å². The molecule has 1 saturated heterocycles. The summed E-state index contributed by atoms with van der Waals surface area (Å²) in [5, 5.41) is 26.9. The van der Waals surface area contributed by atoms with Crippen molar-refractivity contribution in [1.82, 2.24) is 36.6 Å². The Morgan fingerprint density at radius 3 is 2.28 bits per heavy atom. The van der Waals surface area contributed by atoms with Crippen LogP contribution < -0.4 is 27.0 Å². The molecule has 3 aromatic rings. The molecule has 1 saturated carbocycles. The highest BCUT2D eigenvalue weighted by atomic mass is 35.5. The minimum atomic E-state index is -0.865. The SMILES string of the molecule is CC1(C[C@H](NC(=O)[C@H]2CC[C@H](CN)CC2)C(=O)Nc2ccc(-c3nn[nH]n3)cc2)C=CC(c2ccccc2)=CC1NC(=O)C1CCNCC1.Cl. The molecule has 2 fully saturated rings. The molecule has 13 heteroatoms. The van der Waals surface area contributed by atoms with Gasteiger partial charge in [-0.3, -0.25) is 14.4 Å². The molecule has 1 aliphatic heterocycles. The van der Waals surface area contributed by atoms with Crippen LogP contribution >= 0.6 is 12.4 Å². The number of allylic oxidation sites excluding steroid dienone is 2. The standard InChI is InChI=1S/C37H47N9O3.ClH/c1-37(18-15-29(25-5-3-2-4-6-25)21-32(37)42-35(48)28-16-19-39-20-17-28)22-31(41-34(47)27-9-7-24(23-38)8-10-27)36(49)40-30-13-11-26(12-14-30)33-43-45-46-44-33;/h2-6,11-15,18,21,24,27-28,31-32,39H,7-10,16-17,19-20,22-23,38H2,1H3,(H,40,49)(H,41,47)(H,42,48)(H,43,44,45,46);1H/t24-,27-,31-,32?,37?;/m0./s1. The molecule has 2 aromatic carbocycles. The van der Waals surface area contributed by atoms with Crippen molar-refractivity contribution < 1.29 is 14.4 Å². The topological polar surface area (TPSA) is 180 Å². The molecule has 1 aromatic heterocycles. The van der Waals surface area contributed by atoms with Gasteiger partial charge in [-0.25, -0.2) is 0 Å². The first-order valence-corrected chi connectivity index (χ1v) is 17.4. The number of carbonyl (C=O) groups excluding carboxylic acids is 3. The average Bonchev–Trinajstić information content (AvgIpc) is 3.69. The van der Waals surface area contributed by atoms with Gasteiger partial charge in [0.05, 0.1) is 6.04 Å². The summed E-state index contributed by atoms with van der Waals surface area (Å²) in [5.41, 5.74) is 8.59. The third kappa shape index (κ3) is 9.04. The molecule has 0 bridgehead atoms. The Morgan fingerprint density at radius 1 is 0.920 bits per heavy atom. The third-order valence-electron chi connectivity index (χ3n) is 10.4. The predicted octanol–water partition coefficient (Wildman–Crippen LogP) is 4.01. The third-order valence-corrected chi connectivity index (χ3v) is 10.4. The minimum absolute atomic E-state index is 0. The molecular weight excluding hydrogens is 654 g/mol. The van der Waals surface area contributed by atoms with Crippen LogP contribution in [0.15, 0.2) is 72.8 Å². The molecule has 0 radical (unpaired) electrons. The van der Waals surface area contributed by atoms with Crippen molar-refractivity contribution >= 4 is 41.4 Å². The maximum Gasteiger partial charge on any atom is 0.246 e. The van der Waals surface area contributed by atoms with Crippen LogP contribution in [0.5, 0.6) is 0 Å². The normalized spacial score (nSPS) is 24.3. The first kappa shape index (κ1) is 36.9. The number of anilines is 1. The van der Waals surface area contributed by atoms with Gasteiger partial charge in [0.25, 0.3) is 0 Å². The number of nitrogens with one attached hydrogen (secondary N) is 5. The molecule has 2 unspecified atom stereocenters. The Kier molecular flexibility index (Phi) is 12.6. The number of piperidine rings is 1. The summed E-state index contributed by atoms with van der Waals surface area (Å²) in [4.78, 5) is 41.5. The second-order valence-electron chi connectivity index (χ2n) is 13.9. The summed E-state index contributed by atoms with van der Waals surface area (Å²) < 4.78 is 0. The number of nitrogens with two attached hydrogens (primary N) is 1. The van der Waals surface area contributed by atoms with Crippen molar-refractivity contribution in [3.05, 3.63) is 78.4 Å². The molecule has 3 amide bonds. The zero-order chi connectivity index (χ0) is 34.2. The summed E-state index contributed by atoms with van der Waals surface area (Å²) in [5.74, 6) is 0.184. The number of hydrogen-bond donors (Lipinski definition) is 6. The quantitative estimate of drug-likeness (QED) is 0.174. The number of aromatic nitrogens is 4. The van der Waals surface area contributed by atoms with E-state index >= 15 is 0 Å². The predicted molar refractivity (Wildman–Crippen MR) is 196 cm³/mol. The molecular formula is C37H48ClN9O3. The van der Waals surface area contributed by atoms with Crippen molar-refractivity contribution in [3.63, 3.8) is 0 Å². The van der Waals surface area contributed by atoms with Crippen LogP contribution in [0.4, 0.5) is 5.69 Å². The van der Waals surface area contributed by atoms with Crippen molar-refractivity contribution in [2.45, 2.75) is 64.0 Å². The van der Waals surface area contributed by atoms with E-state index in [0.29, 0.717) is 24.0 Å². The van der Waals surface area contributed by atoms with Gasteiger partial charge in [0.2, 0.25) is 23.5 Å². The van der Waals surface area contributed by atoms with E-state index in [1.807, 2.05) is 37.3 Å². The molecule has 50 heavy (non-hydrogen) atoms. The number of aromatic amines is 1. The van der Waals surface area contributed by atoms with Crippen molar-refractivity contribution in [2.75, 3.05) is 25.0 Å². The van der Waals surface area contributed by atoms with Gasteiger partial charge >= 0.3 is 0 Å². The number of nitrogens with zero attached hydrogens (tertiary/aromatic N) is 3. The summed E-state index contributed by atoms with van der Waals surface area (Å²) in [6.45, 7) is 4.29. The number of carbonyl (C=O) groups is 3. The van der Waals surface area contributed by atoms with Gasteiger partial charge in [0, 0.05) is 28.5 Å². The van der Waals surface area contributed by atoms with Crippen LogP contribution in [-0.2, 0) is 14.4 Å². The van der Waals surface area contributed by atoms with Crippen LogP contribution in [0, 0.1) is 23.2 Å². The Balaban J connectivity index is 0.00000486. The monoisotopic (exact) mass is 701 g/mol. The molecule has 3 atom stereocenters. The zero-order valence-electron chi connectivity index (χ0n) is 28.4. The Bertz CT molecular complexity index is 1630. The highest BCUT2D eigenvalue weighted by Gasteiger charge is 2.40. The average molecular weight is 702 g/mol. The van der Waals surface area contributed by atoms with Crippen LogP contribution in [0.25, 0.3) is 17.0 Å². The Labute approximate surface area is 299 Å². The minimum Gasteiger partial charge on any atom is -0.349 e. The Morgan fingerprint density at radius 2 is 1.62 bits per heavy atom. The van der Waals surface area contributed by atoms with Gasteiger partial charge in [-0.15, -0.1) is 22.6 Å². The maximum atomic E-state index is 14.1. The number of benzene rings is 2. The van der Waals surface area contributed by atoms with Gasteiger partial charge in [-0.1, -0.05) is 55.5 Å².